The maximum atomic E-state index is 4.16. The zero-order valence-electron chi connectivity index (χ0n) is 8.78. The van der Waals surface area contributed by atoms with Crippen molar-refractivity contribution in [2.24, 2.45) is 13.0 Å². The molecule has 3 nitrogen and oxygen atoms in total. The Morgan fingerprint density at radius 2 is 2.31 bits per heavy atom. The van der Waals surface area contributed by atoms with Gasteiger partial charge in [0.15, 0.2) is 0 Å². The molecule has 1 aromatic heterocycles. The lowest BCUT2D eigenvalue weighted by molar-refractivity contribution is 0.727. The van der Waals surface area contributed by atoms with Crippen molar-refractivity contribution >= 4 is 6.08 Å². The highest BCUT2D eigenvalue weighted by molar-refractivity contribution is 5.45. The largest absolute Gasteiger partial charge is 0.249 e. The summed E-state index contributed by atoms with van der Waals surface area (Å²) in [7, 11) is 1.91. The lowest BCUT2D eigenvalue weighted by Gasteiger charge is -2.07. The number of nitrogens with zero attached hydrogens (tertiary/aromatic N) is 3. The fourth-order valence-corrected chi connectivity index (χ4v) is 1.28. The summed E-state index contributed by atoms with van der Waals surface area (Å²) in [4.78, 5) is 4.16. The molecule has 1 aromatic rings. The normalized spacial score (nSPS) is 12.5. The van der Waals surface area contributed by atoms with Crippen molar-refractivity contribution in [3.63, 3.8) is 0 Å². The predicted molar refractivity (Wildman–Crippen MR) is 54.1 cm³/mol. The van der Waals surface area contributed by atoms with Crippen molar-refractivity contribution in [3.8, 4) is 0 Å². The summed E-state index contributed by atoms with van der Waals surface area (Å²) in [6.45, 7) is 6.57. The summed E-state index contributed by atoms with van der Waals surface area (Å²) in [5.41, 5.74) is 1.41. The minimum Gasteiger partial charge on any atom is -0.249 e. The first kappa shape index (κ1) is 9.96. The van der Waals surface area contributed by atoms with Gasteiger partial charge in [-0.05, 0) is 18.4 Å². The summed E-state index contributed by atoms with van der Waals surface area (Å²) < 4.78 is 1.79. The van der Waals surface area contributed by atoms with Crippen LogP contribution in [0.25, 0.3) is 6.08 Å². The average molecular weight is 179 g/mol. The standard InChI is InChI=1S/C10H17N3/c1-5-9(8(2)3)6-10-11-7-12-13(10)4/h6-8H,5H2,1-4H3/b9-6+. The zero-order valence-corrected chi connectivity index (χ0v) is 8.78. The van der Waals surface area contributed by atoms with Gasteiger partial charge in [0.1, 0.15) is 12.2 Å². The van der Waals surface area contributed by atoms with E-state index in [1.165, 1.54) is 5.57 Å². The Hall–Kier alpha value is -1.12. The first-order valence-corrected chi connectivity index (χ1v) is 4.69. The number of rotatable bonds is 3. The van der Waals surface area contributed by atoms with E-state index in [1.54, 1.807) is 11.0 Å². The molecule has 0 aromatic carbocycles. The molecule has 0 saturated heterocycles. The third-order valence-electron chi connectivity index (χ3n) is 2.21. The Morgan fingerprint density at radius 3 is 2.69 bits per heavy atom. The second kappa shape index (κ2) is 4.21. The molecule has 0 unspecified atom stereocenters. The smallest absolute Gasteiger partial charge is 0.150 e. The van der Waals surface area contributed by atoms with E-state index in [2.05, 4.69) is 36.9 Å². The lowest BCUT2D eigenvalue weighted by atomic mass is 10.0. The number of aryl methyl sites for hydroxylation is 1. The van der Waals surface area contributed by atoms with Gasteiger partial charge in [-0.15, -0.1) is 0 Å². The molecule has 0 aliphatic rings. The van der Waals surface area contributed by atoms with E-state index >= 15 is 0 Å². The minimum absolute atomic E-state index is 0.585. The zero-order chi connectivity index (χ0) is 9.84. The van der Waals surface area contributed by atoms with Gasteiger partial charge in [0, 0.05) is 7.05 Å². The van der Waals surface area contributed by atoms with Crippen LogP contribution < -0.4 is 0 Å². The van der Waals surface area contributed by atoms with E-state index in [0.29, 0.717) is 5.92 Å². The fourth-order valence-electron chi connectivity index (χ4n) is 1.28. The summed E-state index contributed by atoms with van der Waals surface area (Å²) in [6.07, 6.45) is 4.78. The minimum atomic E-state index is 0.585. The van der Waals surface area contributed by atoms with Crippen LogP contribution in [0.1, 0.15) is 33.0 Å². The van der Waals surface area contributed by atoms with Gasteiger partial charge in [0.05, 0.1) is 0 Å². The molecular weight excluding hydrogens is 162 g/mol. The number of allylic oxidation sites excluding steroid dienone is 1. The van der Waals surface area contributed by atoms with Crippen molar-refractivity contribution in [1.29, 1.82) is 0 Å². The molecule has 0 N–H and O–H groups in total. The van der Waals surface area contributed by atoms with E-state index in [0.717, 1.165) is 12.2 Å². The maximum absolute atomic E-state index is 4.16. The SMILES string of the molecule is CC/C(=C\c1ncnn1C)C(C)C. The lowest BCUT2D eigenvalue weighted by Crippen LogP contribution is -1.97. The highest BCUT2D eigenvalue weighted by atomic mass is 15.3. The quantitative estimate of drug-likeness (QED) is 0.712. The van der Waals surface area contributed by atoms with Crippen LogP contribution in [0.15, 0.2) is 11.9 Å². The molecule has 1 rings (SSSR count). The van der Waals surface area contributed by atoms with Crippen LogP contribution in [0.4, 0.5) is 0 Å². The molecule has 1 heterocycles. The Morgan fingerprint density at radius 1 is 1.62 bits per heavy atom. The third-order valence-corrected chi connectivity index (χ3v) is 2.21. The Labute approximate surface area is 79.5 Å². The average Bonchev–Trinajstić information content (AvgIpc) is 2.46. The van der Waals surface area contributed by atoms with Crippen LogP contribution in [0.5, 0.6) is 0 Å². The molecule has 0 atom stereocenters. The molecule has 3 heteroatoms. The Balaban J connectivity index is 2.91. The second-order valence-electron chi connectivity index (χ2n) is 3.47. The van der Waals surface area contributed by atoms with E-state index < -0.39 is 0 Å². The first-order valence-electron chi connectivity index (χ1n) is 4.69. The Kier molecular flexibility index (Phi) is 3.23. The predicted octanol–water partition coefficient (Wildman–Crippen LogP) is 2.26. The highest BCUT2D eigenvalue weighted by Gasteiger charge is 2.03. The molecular formula is C10H17N3. The van der Waals surface area contributed by atoms with Crippen molar-refractivity contribution in [3.05, 3.63) is 17.7 Å². The number of hydrogen-bond donors (Lipinski definition) is 0. The van der Waals surface area contributed by atoms with Crippen LogP contribution in [0.2, 0.25) is 0 Å². The molecule has 0 saturated carbocycles. The van der Waals surface area contributed by atoms with Gasteiger partial charge in [-0.2, -0.15) is 5.10 Å². The van der Waals surface area contributed by atoms with E-state index in [-0.39, 0.29) is 0 Å². The Bertz CT molecular complexity index is 297. The molecule has 0 amide bonds. The summed E-state index contributed by atoms with van der Waals surface area (Å²) in [6, 6.07) is 0. The summed E-state index contributed by atoms with van der Waals surface area (Å²) in [5.74, 6) is 1.52. The number of hydrogen-bond acceptors (Lipinski definition) is 2. The highest BCUT2D eigenvalue weighted by Crippen LogP contribution is 2.15. The first-order chi connectivity index (χ1) is 6.15. The molecule has 72 valence electrons. The van der Waals surface area contributed by atoms with E-state index in [9.17, 15) is 0 Å². The third kappa shape index (κ3) is 2.41. The van der Waals surface area contributed by atoms with Gasteiger partial charge in [-0.3, -0.25) is 0 Å². The van der Waals surface area contributed by atoms with Crippen LogP contribution in [0, 0.1) is 5.92 Å². The van der Waals surface area contributed by atoms with Crippen LogP contribution in [0.3, 0.4) is 0 Å². The molecule has 13 heavy (non-hydrogen) atoms. The van der Waals surface area contributed by atoms with Crippen molar-refractivity contribution < 1.29 is 0 Å². The molecule has 0 aliphatic heterocycles. The van der Waals surface area contributed by atoms with Gasteiger partial charge >= 0.3 is 0 Å². The van der Waals surface area contributed by atoms with Crippen LogP contribution >= 0.6 is 0 Å². The van der Waals surface area contributed by atoms with Crippen LogP contribution in [-0.2, 0) is 7.05 Å². The molecule has 0 fully saturated rings. The molecule has 0 aliphatic carbocycles. The van der Waals surface area contributed by atoms with E-state index in [1.807, 2.05) is 7.05 Å². The van der Waals surface area contributed by atoms with Gasteiger partial charge in [0.2, 0.25) is 0 Å². The van der Waals surface area contributed by atoms with Crippen molar-refractivity contribution in [2.75, 3.05) is 0 Å². The van der Waals surface area contributed by atoms with Gasteiger partial charge in [0.25, 0.3) is 0 Å². The number of aromatic nitrogens is 3. The van der Waals surface area contributed by atoms with Gasteiger partial charge in [-0.25, -0.2) is 9.67 Å². The topological polar surface area (TPSA) is 30.7 Å². The van der Waals surface area contributed by atoms with Gasteiger partial charge < -0.3 is 0 Å². The molecule has 0 radical (unpaired) electrons. The van der Waals surface area contributed by atoms with Gasteiger partial charge in [-0.1, -0.05) is 26.3 Å². The summed E-state index contributed by atoms with van der Waals surface area (Å²) in [5, 5.41) is 4.02. The molecule has 0 spiro atoms. The summed E-state index contributed by atoms with van der Waals surface area (Å²) >= 11 is 0. The fraction of sp³-hybridized carbons (Fsp3) is 0.600. The van der Waals surface area contributed by atoms with Crippen LogP contribution in [-0.4, -0.2) is 14.8 Å². The van der Waals surface area contributed by atoms with E-state index in [4.69, 9.17) is 0 Å². The monoisotopic (exact) mass is 179 g/mol. The maximum Gasteiger partial charge on any atom is 0.150 e. The van der Waals surface area contributed by atoms with Crippen molar-refractivity contribution in [2.45, 2.75) is 27.2 Å². The second-order valence-corrected chi connectivity index (χ2v) is 3.47. The molecule has 0 bridgehead atoms. The van der Waals surface area contributed by atoms with Crippen molar-refractivity contribution in [1.82, 2.24) is 14.8 Å².